The van der Waals surface area contributed by atoms with Gasteiger partial charge in [-0.05, 0) is 38.3 Å². The zero-order valence-electron chi connectivity index (χ0n) is 11.8. The lowest BCUT2D eigenvalue weighted by Crippen LogP contribution is -2.39. The van der Waals surface area contributed by atoms with Crippen LogP contribution in [-0.4, -0.2) is 28.3 Å². The number of thiophene rings is 1. The van der Waals surface area contributed by atoms with Crippen LogP contribution in [0.1, 0.15) is 34.6 Å². The number of nitrogens with one attached hydrogen (secondary N) is 1. The van der Waals surface area contributed by atoms with Gasteiger partial charge >= 0.3 is 0 Å². The van der Waals surface area contributed by atoms with E-state index in [9.17, 15) is 4.79 Å². The average Bonchev–Trinajstić information content (AvgIpc) is 3.08. The van der Waals surface area contributed by atoms with Gasteiger partial charge in [-0.1, -0.05) is 6.42 Å². The van der Waals surface area contributed by atoms with Crippen LogP contribution in [0, 0.1) is 12.8 Å². The van der Waals surface area contributed by atoms with E-state index in [1.807, 2.05) is 24.7 Å². The number of aryl methyl sites for hydroxylation is 2. The highest BCUT2D eigenvalue weighted by Crippen LogP contribution is 2.29. The third-order valence-electron chi connectivity index (χ3n) is 4.20. The number of aromatic nitrogens is 2. The van der Waals surface area contributed by atoms with Gasteiger partial charge < -0.3 is 11.1 Å². The molecule has 3 rings (SSSR count). The summed E-state index contributed by atoms with van der Waals surface area (Å²) in [4.78, 5) is 14.2. The SMILES string of the molecule is Cc1nn(C)c2sc(C(=O)NC3CCCC3CN)cc12. The predicted molar refractivity (Wildman–Crippen MR) is 81.0 cm³/mol. The molecule has 1 aliphatic rings. The second-order valence-corrected chi connectivity index (χ2v) is 6.58. The van der Waals surface area contributed by atoms with Gasteiger partial charge in [-0.3, -0.25) is 9.48 Å². The van der Waals surface area contributed by atoms with Gasteiger partial charge in [-0.25, -0.2) is 0 Å². The molecule has 1 amide bonds. The van der Waals surface area contributed by atoms with Crippen molar-refractivity contribution in [1.82, 2.24) is 15.1 Å². The Morgan fingerprint density at radius 3 is 3.10 bits per heavy atom. The highest BCUT2D eigenvalue weighted by Gasteiger charge is 2.28. The number of carbonyl (C=O) groups excluding carboxylic acids is 1. The largest absolute Gasteiger partial charge is 0.348 e. The predicted octanol–water partition coefficient (Wildman–Crippen LogP) is 1.80. The third-order valence-corrected chi connectivity index (χ3v) is 5.40. The van der Waals surface area contributed by atoms with Crippen LogP contribution in [0.3, 0.4) is 0 Å². The fourth-order valence-corrected chi connectivity index (χ4v) is 4.09. The first kappa shape index (κ1) is 13.6. The maximum atomic E-state index is 12.4. The smallest absolute Gasteiger partial charge is 0.261 e. The first-order valence-corrected chi connectivity index (χ1v) is 7.86. The third kappa shape index (κ3) is 2.23. The van der Waals surface area contributed by atoms with Crippen LogP contribution in [0.25, 0.3) is 10.2 Å². The van der Waals surface area contributed by atoms with Crippen molar-refractivity contribution in [2.75, 3.05) is 6.54 Å². The average molecular weight is 292 g/mol. The molecule has 0 bridgehead atoms. The Kier molecular flexibility index (Phi) is 3.52. The molecule has 1 aliphatic carbocycles. The van der Waals surface area contributed by atoms with Crippen LogP contribution in [0.5, 0.6) is 0 Å². The van der Waals surface area contributed by atoms with Crippen molar-refractivity contribution in [1.29, 1.82) is 0 Å². The van der Waals surface area contributed by atoms with E-state index in [4.69, 9.17) is 5.73 Å². The van der Waals surface area contributed by atoms with E-state index in [1.165, 1.54) is 11.3 Å². The Bertz CT molecular complexity index is 610. The number of hydrogen-bond donors (Lipinski definition) is 2. The molecule has 0 radical (unpaired) electrons. The van der Waals surface area contributed by atoms with Crippen molar-refractivity contribution in [3.8, 4) is 0 Å². The lowest BCUT2D eigenvalue weighted by Gasteiger charge is -2.18. The summed E-state index contributed by atoms with van der Waals surface area (Å²) in [6.45, 7) is 2.62. The summed E-state index contributed by atoms with van der Waals surface area (Å²) in [5.41, 5.74) is 6.73. The lowest BCUT2D eigenvalue weighted by atomic mass is 10.0. The summed E-state index contributed by atoms with van der Waals surface area (Å²) in [6.07, 6.45) is 3.32. The molecular weight excluding hydrogens is 272 g/mol. The standard InChI is InChI=1S/C14H20N4OS/c1-8-10-6-12(20-14(10)18(2)17-8)13(19)16-11-5-3-4-9(11)7-15/h6,9,11H,3-5,7,15H2,1-2H3,(H,16,19). The molecule has 2 heterocycles. The summed E-state index contributed by atoms with van der Waals surface area (Å²) in [7, 11) is 1.91. The fraction of sp³-hybridized carbons (Fsp3) is 0.571. The quantitative estimate of drug-likeness (QED) is 0.906. The molecule has 108 valence electrons. The number of nitrogens with two attached hydrogens (primary N) is 1. The van der Waals surface area contributed by atoms with Gasteiger partial charge in [0.2, 0.25) is 0 Å². The number of hydrogen-bond acceptors (Lipinski definition) is 4. The second-order valence-electron chi connectivity index (χ2n) is 5.55. The van der Waals surface area contributed by atoms with Crippen molar-refractivity contribution in [3.63, 3.8) is 0 Å². The first-order chi connectivity index (χ1) is 9.60. The van der Waals surface area contributed by atoms with Gasteiger partial charge in [-0.15, -0.1) is 11.3 Å². The number of amides is 1. The van der Waals surface area contributed by atoms with Gasteiger partial charge in [-0.2, -0.15) is 5.10 Å². The number of carbonyl (C=O) groups is 1. The van der Waals surface area contributed by atoms with Gasteiger partial charge in [0.1, 0.15) is 4.83 Å². The molecule has 6 heteroatoms. The molecule has 2 aromatic rings. The molecule has 2 atom stereocenters. The molecule has 20 heavy (non-hydrogen) atoms. The minimum absolute atomic E-state index is 0.0240. The van der Waals surface area contributed by atoms with Crippen LogP contribution >= 0.6 is 11.3 Å². The fourth-order valence-electron chi connectivity index (χ4n) is 3.07. The summed E-state index contributed by atoms with van der Waals surface area (Å²) >= 11 is 1.50. The van der Waals surface area contributed by atoms with E-state index >= 15 is 0 Å². The van der Waals surface area contributed by atoms with Crippen LogP contribution < -0.4 is 11.1 Å². The monoisotopic (exact) mass is 292 g/mol. The summed E-state index contributed by atoms with van der Waals surface area (Å²) in [5, 5.41) is 8.58. The van der Waals surface area contributed by atoms with E-state index < -0.39 is 0 Å². The minimum atomic E-state index is 0.0240. The summed E-state index contributed by atoms with van der Waals surface area (Å²) < 4.78 is 1.84. The van der Waals surface area contributed by atoms with Crippen molar-refractivity contribution in [3.05, 3.63) is 16.6 Å². The van der Waals surface area contributed by atoms with Gasteiger partial charge in [0.25, 0.3) is 5.91 Å². The second kappa shape index (κ2) is 5.18. The van der Waals surface area contributed by atoms with E-state index in [0.29, 0.717) is 12.5 Å². The summed E-state index contributed by atoms with van der Waals surface area (Å²) in [6, 6.07) is 2.18. The Morgan fingerprint density at radius 1 is 1.60 bits per heavy atom. The van der Waals surface area contributed by atoms with E-state index in [2.05, 4.69) is 10.4 Å². The van der Waals surface area contributed by atoms with Crippen molar-refractivity contribution >= 4 is 27.5 Å². The molecule has 2 aromatic heterocycles. The molecular formula is C14H20N4OS. The Morgan fingerprint density at radius 2 is 2.40 bits per heavy atom. The molecule has 0 aliphatic heterocycles. The van der Waals surface area contributed by atoms with Gasteiger partial charge in [0.15, 0.2) is 0 Å². The van der Waals surface area contributed by atoms with Crippen LogP contribution in [0.4, 0.5) is 0 Å². The summed E-state index contributed by atoms with van der Waals surface area (Å²) in [5.74, 6) is 0.452. The Balaban J connectivity index is 1.80. The normalized spacial score (nSPS) is 22.6. The van der Waals surface area contributed by atoms with Crippen molar-refractivity contribution < 1.29 is 4.79 Å². The molecule has 0 aromatic carbocycles. The van der Waals surface area contributed by atoms with Gasteiger partial charge in [0.05, 0.1) is 10.6 Å². The topological polar surface area (TPSA) is 72.9 Å². The van der Waals surface area contributed by atoms with Crippen LogP contribution in [0.15, 0.2) is 6.07 Å². The Hall–Kier alpha value is -1.40. The Labute approximate surface area is 122 Å². The molecule has 0 saturated heterocycles. The molecule has 3 N–H and O–H groups in total. The molecule has 2 unspecified atom stereocenters. The number of nitrogens with zero attached hydrogens (tertiary/aromatic N) is 2. The molecule has 1 fully saturated rings. The van der Waals surface area contributed by atoms with E-state index in [1.54, 1.807) is 0 Å². The minimum Gasteiger partial charge on any atom is -0.348 e. The number of rotatable bonds is 3. The van der Waals surface area contributed by atoms with Gasteiger partial charge in [0, 0.05) is 18.5 Å². The zero-order valence-corrected chi connectivity index (χ0v) is 12.7. The van der Waals surface area contributed by atoms with E-state index in [-0.39, 0.29) is 11.9 Å². The highest BCUT2D eigenvalue weighted by molar-refractivity contribution is 7.20. The van der Waals surface area contributed by atoms with Crippen LogP contribution in [-0.2, 0) is 7.05 Å². The maximum absolute atomic E-state index is 12.4. The van der Waals surface area contributed by atoms with Crippen LogP contribution in [0.2, 0.25) is 0 Å². The van der Waals surface area contributed by atoms with Crippen molar-refractivity contribution in [2.24, 2.45) is 18.7 Å². The highest BCUT2D eigenvalue weighted by atomic mass is 32.1. The zero-order chi connectivity index (χ0) is 14.3. The molecule has 5 nitrogen and oxygen atoms in total. The van der Waals surface area contributed by atoms with Crippen molar-refractivity contribution in [2.45, 2.75) is 32.2 Å². The number of fused-ring (bicyclic) bond motifs is 1. The molecule has 0 spiro atoms. The lowest BCUT2D eigenvalue weighted by molar-refractivity contribution is 0.0933. The molecule has 1 saturated carbocycles. The maximum Gasteiger partial charge on any atom is 0.261 e. The first-order valence-electron chi connectivity index (χ1n) is 7.04. The van der Waals surface area contributed by atoms with E-state index in [0.717, 1.165) is 40.1 Å².